The molecule has 0 saturated carbocycles. The Labute approximate surface area is 202 Å². The number of ether oxygens (including phenoxy) is 1. The Bertz CT molecular complexity index is 1110. The van der Waals surface area contributed by atoms with Gasteiger partial charge in [-0.15, -0.1) is 0 Å². The largest absolute Gasteiger partial charge is 0.379 e. The molecule has 0 radical (unpaired) electrons. The minimum atomic E-state index is -0.0319. The van der Waals surface area contributed by atoms with E-state index in [2.05, 4.69) is 52.5 Å². The first-order valence-electron chi connectivity index (χ1n) is 12.3. The molecular formula is C29H33N3O2. The number of fused-ring (bicyclic) bond motifs is 1. The monoisotopic (exact) mass is 455 g/mol. The second kappa shape index (κ2) is 10.4. The summed E-state index contributed by atoms with van der Waals surface area (Å²) in [5.41, 5.74) is 6.97. The minimum absolute atomic E-state index is 0.0319. The van der Waals surface area contributed by atoms with Gasteiger partial charge < -0.3 is 15.0 Å². The molecule has 1 N–H and O–H groups in total. The van der Waals surface area contributed by atoms with Crippen LogP contribution < -0.4 is 10.2 Å². The van der Waals surface area contributed by atoms with Gasteiger partial charge in [-0.3, -0.25) is 9.69 Å². The summed E-state index contributed by atoms with van der Waals surface area (Å²) in [6.45, 7) is 4.91. The lowest BCUT2D eigenvalue weighted by atomic mass is 9.95. The second-order valence-corrected chi connectivity index (χ2v) is 9.23. The normalized spacial score (nSPS) is 17.1. The summed E-state index contributed by atoms with van der Waals surface area (Å²) < 4.78 is 5.60. The van der Waals surface area contributed by atoms with Crippen molar-refractivity contribution in [3.8, 4) is 11.1 Å². The van der Waals surface area contributed by atoms with Crippen molar-refractivity contribution in [2.24, 2.45) is 0 Å². The van der Waals surface area contributed by atoms with E-state index < -0.39 is 0 Å². The number of carbonyl (C=O) groups is 1. The molecule has 2 aliphatic rings. The van der Waals surface area contributed by atoms with E-state index in [-0.39, 0.29) is 11.9 Å². The molecule has 2 heterocycles. The van der Waals surface area contributed by atoms with Gasteiger partial charge in [-0.25, -0.2) is 0 Å². The summed E-state index contributed by atoms with van der Waals surface area (Å²) >= 11 is 0. The van der Waals surface area contributed by atoms with Crippen LogP contribution in [0.5, 0.6) is 0 Å². The molecule has 1 atom stereocenters. The molecule has 5 heteroatoms. The Kier molecular flexibility index (Phi) is 6.93. The third-order valence-corrected chi connectivity index (χ3v) is 7.04. The zero-order chi connectivity index (χ0) is 23.3. The lowest BCUT2D eigenvalue weighted by molar-refractivity contribution is 0.0162. The third-order valence-electron chi connectivity index (χ3n) is 7.04. The summed E-state index contributed by atoms with van der Waals surface area (Å²) in [5.74, 6) is -0.0319. The molecule has 0 bridgehead atoms. The lowest BCUT2D eigenvalue weighted by Gasteiger charge is -2.36. The molecule has 0 unspecified atom stereocenters. The number of nitrogens with zero attached hydrogens (tertiary/aromatic N) is 2. The van der Waals surface area contributed by atoms with Gasteiger partial charge in [0.05, 0.1) is 19.3 Å². The number of carbonyl (C=O) groups excluding carboxylic acids is 1. The van der Waals surface area contributed by atoms with E-state index in [1.807, 2.05) is 42.5 Å². The Morgan fingerprint density at radius 1 is 0.941 bits per heavy atom. The van der Waals surface area contributed by atoms with Crippen LogP contribution in [0.1, 0.15) is 33.9 Å². The van der Waals surface area contributed by atoms with Crippen molar-refractivity contribution in [3.63, 3.8) is 0 Å². The van der Waals surface area contributed by atoms with Crippen LogP contribution in [-0.2, 0) is 11.2 Å². The lowest BCUT2D eigenvalue weighted by Crippen LogP contribution is -2.44. The van der Waals surface area contributed by atoms with Crippen LogP contribution in [0.3, 0.4) is 0 Å². The van der Waals surface area contributed by atoms with Gasteiger partial charge in [0.25, 0.3) is 5.91 Å². The van der Waals surface area contributed by atoms with E-state index >= 15 is 0 Å². The van der Waals surface area contributed by atoms with Gasteiger partial charge >= 0.3 is 0 Å². The molecule has 34 heavy (non-hydrogen) atoms. The fraction of sp³-hybridized carbons (Fsp3) is 0.345. The maximum atomic E-state index is 13.0. The molecule has 5 nitrogen and oxygen atoms in total. The number of hydrogen-bond donors (Lipinski definition) is 1. The topological polar surface area (TPSA) is 44.8 Å². The maximum Gasteiger partial charge on any atom is 0.251 e. The van der Waals surface area contributed by atoms with Crippen LogP contribution >= 0.6 is 0 Å². The van der Waals surface area contributed by atoms with Crippen molar-refractivity contribution < 1.29 is 9.53 Å². The first-order chi connectivity index (χ1) is 16.7. The fourth-order valence-electron chi connectivity index (χ4n) is 5.10. The van der Waals surface area contributed by atoms with Crippen molar-refractivity contribution in [2.45, 2.75) is 18.9 Å². The highest BCUT2D eigenvalue weighted by Gasteiger charge is 2.25. The van der Waals surface area contributed by atoms with Crippen molar-refractivity contribution >= 4 is 11.6 Å². The van der Waals surface area contributed by atoms with Crippen molar-refractivity contribution in [1.29, 1.82) is 0 Å². The van der Waals surface area contributed by atoms with Gasteiger partial charge in [-0.1, -0.05) is 54.6 Å². The summed E-state index contributed by atoms with van der Waals surface area (Å²) in [6, 6.07) is 25.1. The molecule has 176 valence electrons. The van der Waals surface area contributed by atoms with Crippen LogP contribution in [0.25, 0.3) is 11.1 Å². The third kappa shape index (κ3) is 5.01. The van der Waals surface area contributed by atoms with Gasteiger partial charge in [-0.2, -0.15) is 0 Å². The maximum absolute atomic E-state index is 13.0. The Hall–Kier alpha value is -3.15. The molecule has 0 spiro atoms. The highest BCUT2D eigenvalue weighted by molar-refractivity contribution is 5.94. The molecule has 3 aromatic rings. The number of amides is 1. The first-order valence-corrected chi connectivity index (χ1v) is 12.3. The zero-order valence-electron chi connectivity index (χ0n) is 19.9. The molecule has 5 rings (SSSR count). The van der Waals surface area contributed by atoms with Crippen LogP contribution in [0.2, 0.25) is 0 Å². The number of rotatable bonds is 6. The molecule has 1 fully saturated rings. The predicted octanol–water partition coefficient (Wildman–Crippen LogP) is 4.54. The van der Waals surface area contributed by atoms with Gasteiger partial charge in [0.2, 0.25) is 0 Å². The van der Waals surface area contributed by atoms with Gasteiger partial charge in [0.1, 0.15) is 0 Å². The van der Waals surface area contributed by atoms with E-state index in [0.29, 0.717) is 12.1 Å². The summed E-state index contributed by atoms with van der Waals surface area (Å²) in [6.07, 6.45) is 2.30. The van der Waals surface area contributed by atoms with E-state index in [4.69, 9.17) is 4.74 Å². The number of hydrogen-bond acceptors (Lipinski definition) is 4. The number of nitrogens with one attached hydrogen (secondary N) is 1. The minimum Gasteiger partial charge on any atom is -0.379 e. The number of aryl methyl sites for hydroxylation is 1. The summed E-state index contributed by atoms with van der Waals surface area (Å²) in [7, 11) is 2.17. The molecule has 0 aromatic heterocycles. The van der Waals surface area contributed by atoms with Crippen LogP contribution in [0.15, 0.2) is 72.8 Å². The molecule has 1 saturated heterocycles. The number of morpholine rings is 1. The fourth-order valence-corrected chi connectivity index (χ4v) is 5.10. The Morgan fingerprint density at radius 3 is 2.44 bits per heavy atom. The Morgan fingerprint density at radius 2 is 1.68 bits per heavy atom. The van der Waals surface area contributed by atoms with Crippen LogP contribution in [0.4, 0.5) is 5.69 Å². The highest BCUT2D eigenvalue weighted by atomic mass is 16.5. The number of benzene rings is 3. The van der Waals surface area contributed by atoms with E-state index in [1.54, 1.807) is 0 Å². The van der Waals surface area contributed by atoms with E-state index in [0.717, 1.165) is 50.4 Å². The van der Waals surface area contributed by atoms with Gasteiger partial charge in [0, 0.05) is 44.5 Å². The standard InChI is InChI=1S/C29H33N3O2/c1-31-15-5-8-25-20-26(13-14-27(25)31)28(32-16-18-34-19-17-32)21-30-29(33)24-11-9-23(10-12-24)22-6-3-2-4-7-22/h2-4,6-7,9-14,20,28H,5,8,15-19,21H2,1H3,(H,30,33)/t28-/m1/s1. The predicted molar refractivity (Wildman–Crippen MR) is 137 cm³/mol. The first kappa shape index (κ1) is 22.6. The summed E-state index contributed by atoms with van der Waals surface area (Å²) in [5, 5.41) is 3.21. The average Bonchev–Trinajstić information content (AvgIpc) is 2.90. The quantitative estimate of drug-likeness (QED) is 0.593. The van der Waals surface area contributed by atoms with Crippen molar-refractivity contribution in [2.75, 3.05) is 51.3 Å². The van der Waals surface area contributed by atoms with Crippen LogP contribution in [0, 0.1) is 0 Å². The molecule has 0 aliphatic carbocycles. The van der Waals surface area contributed by atoms with Gasteiger partial charge in [0.15, 0.2) is 0 Å². The molecular weight excluding hydrogens is 422 g/mol. The second-order valence-electron chi connectivity index (χ2n) is 9.23. The van der Waals surface area contributed by atoms with Crippen molar-refractivity contribution in [3.05, 3.63) is 89.5 Å². The molecule has 3 aromatic carbocycles. The average molecular weight is 456 g/mol. The number of anilines is 1. The Balaban J connectivity index is 1.31. The highest BCUT2D eigenvalue weighted by Crippen LogP contribution is 2.31. The van der Waals surface area contributed by atoms with E-state index in [9.17, 15) is 4.79 Å². The SMILES string of the molecule is CN1CCCc2cc([C@@H](CNC(=O)c3ccc(-c4ccccc4)cc3)N3CCOCC3)ccc21. The zero-order valence-corrected chi connectivity index (χ0v) is 19.9. The van der Waals surface area contributed by atoms with Crippen molar-refractivity contribution in [1.82, 2.24) is 10.2 Å². The van der Waals surface area contributed by atoms with Gasteiger partial charge in [-0.05, 0) is 53.3 Å². The molecule has 1 amide bonds. The van der Waals surface area contributed by atoms with Crippen LogP contribution in [-0.4, -0.2) is 57.2 Å². The van der Waals surface area contributed by atoms with E-state index in [1.165, 1.54) is 23.2 Å². The smallest absolute Gasteiger partial charge is 0.251 e. The summed E-state index contributed by atoms with van der Waals surface area (Å²) in [4.78, 5) is 17.8. The molecule has 2 aliphatic heterocycles.